The van der Waals surface area contributed by atoms with E-state index < -0.39 is 0 Å². The summed E-state index contributed by atoms with van der Waals surface area (Å²) in [6, 6.07) is 3.21. The van der Waals surface area contributed by atoms with Crippen molar-refractivity contribution in [1.29, 1.82) is 0 Å². The van der Waals surface area contributed by atoms with Crippen LogP contribution in [0.2, 0.25) is 0 Å². The summed E-state index contributed by atoms with van der Waals surface area (Å²) in [5, 5.41) is 8.92. The molecule has 0 atom stereocenters. The molecule has 0 unspecified atom stereocenters. The molecule has 0 spiro atoms. The van der Waals surface area contributed by atoms with Crippen LogP contribution in [0.3, 0.4) is 0 Å². The van der Waals surface area contributed by atoms with Crippen LogP contribution in [0.5, 0.6) is 11.6 Å². The van der Waals surface area contributed by atoms with E-state index in [0.717, 1.165) is 0 Å². The SMILES string of the molecule is CC(C)(C)COc1ccc(O)nc1. The van der Waals surface area contributed by atoms with E-state index in [4.69, 9.17) is 9.84 Å². The van der Waals surface area contributed by atoms with Gasteiger partial charge in [-0.1, -0.05) is 20.8 Å². The Morgan fingerprint density at radius 2 is 2.08 bits per heavy atom. The van der Waals surface area contributed by atoms with E-state index in [1.54, 1.807) is 6.07 Å². The lowest BCUT2D eigenvalue weighted by molar-refractivity contribution is 0.197. The van der Waals surface area contributed by atoms with Crippen molar-refractivity contribution in [2.75, 3.05) is 6.61 Å². The fraction of sp³-hybridized carbons (Fsp3) is 0.500. The summed E-state index contributed by atoms with van der Waals surface area (Å²) < 4.78 is 5.45. The highest BCUT2D eigenvalue weighted by molar-refractivity contribution is 5.21. The average molecular weight is 181 g/mol. The van der Waals surface area contributed by atoms with Crippen LogP contribution < -0.4 is 4.74 Å². The fourth-order valence-electron chi connectivity index (χ4n) is 0.758. The molecular formula is C10H15NO2. The van der Waals surface area contributed by atoms with Gasteiger partial charge in [0, 0.05) is 6.07 Å². The smallest absolute Gasteiger partial charge is 0.210 e. The minimum atomic E-state index is 0.0168. The largest absolute Gasteiger partial charge is 0.493 e. The van der Waals surface area contributed by atoms with Crippen LogP contribution >= 0.6 is 0 Å². The zero-order chi connectivity index (χ0) is 9.90. The molecular weight excluding hydrogens is 166 g/mol. The lowest BCUT2D eigenvalue weighted by Crippen LogP contribution is -2.16. The average Bonchev–Trinajstić information content (AvgIpc) is 2.02. The molecule has 0 saturated carbocycles. The second kappa shape index (κ2) is 3.64. The Kier molecular flexibility index (Phi) is 2.76. The molecule has 0 aliphatic heterocycles. The predicted molar refractivity (Wildman–Crippen MR) is 50.9 cm³/mol. The van der Waals surface area contributed by atoms with Crippen molar-refractivity contribution < 1.29 is 9.84 Å². The van der Waals surface area contributed by atoms with Crippen LogP contribution in [0.1, 0.15) is 20.8 Å². The summed E-state index contributed by atoms with van der Waals surface area (Å²) in [7, 11) is 0. The summed E-state index contributed by atoms with van der Waals surface area (Å²) in [4.78, 5) is 3.71. The number of rotatable bonds is 2. The van der Waals surface area contributed by atoms with Gasteiger partial charge in [-0.2, -0.15) is 0 Å². The highest BCUT2D eigenvalue weighted by Crippen LogP contribution is 2.17. The maximum absolute atomic E-state index is 8.92. The lowest BCUT2D eigenvalue weighted by atomic mass is 9.99. The second-order valence-corrected chi connectivity index (χ2v) is 4.20. The Bertz CT molecular complexity index is 261. The zero-order valence-corrected chi connectivity index (χ0v) is 8.24. The van der Waals surface area contributed by atoms with Crippen molar-refractivity contribution in [3.63, 3.8) is 0 Å². The topological polar surface area (TPSA) is 42.4 Å². The predicted octanol–water partition coefficient (Wildman–Crippen LogP) is 2.21. The third kappa shape index (κ3) is 3.78. The Morgan fingerprint density at radius 3 is 2.54 bits per heavy atom. The number of pyridine rings is 1. The molecule has 1 N–H and O–H groups in total. The minimum absolute atomic E-state index is 0.0168. The molecule has 1 rings (SSSR count). The lowest BCUT2D eigenvalue weighted by Gasteiger charge is -2.18. The van der Waals surface area contributed by atoms with Crippen molar-refractivity contribution in [1.82, 2.24) is 4.98 Å². The molecule has 0 aliphatic rings. The quantitative estimate of drug-likeness (QED) is 0.760. The van der Waals surface area contributed by atoms with Gasteiger partial charge >= 0.3 is 0 Å². The van der Waals surface area contributed by atoms with Gasteiger partial charge in [0.05, 0.1) is 12.8 Å². The van der Waals surface area contributed by atoms with Gasteiger partial charge < -0.3 is 9.84 Å². The van der Waals surface area contributed by atoms with Crippen LogP contribution in [-0.2, 0) is 0 Å². The Hall–Kier alpha value is -1.25. The molecule has 0 saturated heterocycles. The number of nitrogens with zero attached hydrogens (tertiary/aromatic N) is 1. The zero-order valence-electron chi connectivity index (χ0n) is 8.24. The van der Waals surface area contributed by atoms with Crippen LogP contribution in [0.15, 0.2) is 18.3 Å². The molecule has 3 nitrogen and oxygen atoms in total. The normalized spacial score (nSPS) is 11.3. The highest BCUT2D eigenvalue weighted by atomic mass is 16.5. The van der Waals surface area contributed by atoms with Gasteiger partial charge in [0.2, 0.25) is 5.88 Å². The molecule has 0 fully saturated rings. The standard InChI is InChI=1S/C10H15NO2/c1-10(2,3)7-13-8-4-5-9(12)11-6-8/h4-6H,7H2,1-3H3,(H,11,12). The van der Waals surface area contributed by atoms with E-state index in [1.807, 2.05) is 0 Å². The van der Waals surface area contributed by atoms with Gasteiger partial charge in [-0.25, -0.2) is 4.98 Å². The minimum Gasteiger partial charge on any atom is -0.493 e. The number of hydrogen-bond acceptors (Lipinski definition) is 3. The number of aromatic nitrogens is 1. The molecule has 0 bridgehead atoms. The van der Waals surface area contributed by atoms with Gasteiger partial charge in [-0.3, -0.25) is 0 Å². The highest BCUT2D eigenvalue weighted by Gasteiger charge is 2.10. The Morgan fingerprint density at radius 1 is 1.38 bits per heavy atom. The monoisotopic (exact) mass is 181 g/mol. The van der Waals surface area contributed by atoms with Crippen molar-refractivity contribution in [2.45, 2.75) is 20.8 Å². The third-order valence-corrected chi connectivity index (χ3v) is 1.39. The maximum Gasteiger partial charge on any atom is 0.210 e. The van der Waals surface area contributed by atoms with Gasteiger partial charge in [-0.05, 0) is 11.5 Å². The molecule has 0 radical (unpaired) electrons. The molecule has 0 amide bonds. The fourth-order valence-corrected chi connectivity index (χ4v) is 0.758. The molecule has 13 heavy (non-hydrogen) atoms. The van der Waals surface area contributed by atoms with Gasteiger partial charge in [0.15, 0.2) is 0 Å². The van der Waals surface area contributed by atoms with E-state index in [2.05, 4.69) is 25.8 Å². The van der Waals surface area contributed by atoms with Gasteiger partial charge in [-0.15, -0.1) is 0 Å². The van der Waals surface area contributed by atoms with E-state index in [1.165, 1.54) is 12.3 Å². The first-order valence-corrected chi connectivity index (χ1v) is 4.25. The first-order chi connectivity index (χ1) is 5.97. The summed E-state index contributed by atoms with van der Waals surface area (Å²) in [6.07, 6.45) is 1.51. The number of ether oxygens (including phenoxy) is 1. The Balaban J connectivity index is 2.51. The molecule has 1 aromatic heterocycles. The second-order valence-electron chi connectivity index (χ2n) is 4.20. The first-order valence-electron chi connectivity index (χ1n) is 4.25. The van der Waals surface area contributed by atoms with Gasteiger partial charge in [0.1, 0.15) is 5.75 Å². The summed E-state index contributed by atoms with van der Waals surface area (Å²) >= 11 is 0. The van der Waals surface area contributed by atoms with Crippen LogP contribution in [0, 0.1) is 5.41 Å². The van der Waals surface area contributed by atoms with Crippen LogP contribution in [-0.4, -0.2) is 16.7 Å². The maximum atomic E-state index is 8.92. The van der Waals surface area contributed by atoms with Crippen LogP contribution in [0.4, 0.5) is 0 Å². The third-order valence-electron chi connectivity index (χ3n) is 1.39. The van der Waals surface area contributed by atoms with E-state index in [0.29, 0.717) is 12.4 Å². The van der Waals surface area contributed by atoms with E-state index in [-0.39, 0.29) is 11.3 Å². The van der Waals surface area contributed by atoms with E-state index >= 15 is 0 Å². The Labute approximate surface area is 78.4 Å². The summed E-state index contributed by atoms with van der Waals surface area (Å²) in [5.74, 6) is 0.704. The molecule has 72 valence electrons. The molecule has 0 aliphatic carbocycles. The van der Waals surface area contributed by atoms with Gasteiger partial charge in [0.25, 0.3) is 0 Å². The van der Waals surface area contributed by atoms with Crippen molar-refractivity contribution >= 4 is 0 Å². The van der Waals surface area contributed by atoms with Crippen molar-refractivity contribution in [3.8, 4) is 11.6 Å². The summed E-state index contributed by atoms with van der Waals surface area (Å²) in [5.41, 5.74) is 0.137. The number of aromatic hydroxyl groups is 1. The van der Waals surface area contributed by atoms with Crippen LogP contribution in [0.25, 0.3) is 0 Å². The molecule has 0 aromatic carbocycles. The summed E-state index contributed by atoms with van der Waals surface area (Å²) in [6.45, 7) is 6.93. The number of hydrogen-bond donors (Lipinski definition) is 1. The molecule has 1 aromatic rings. The van der Waals surface area contributed by atoms with Crippen molar-refractivity contribution in [3.05, 3.63) is 18.3 Å². The molecule has 1 heterocycles. The molecule has 3 heteroatoms. The van der Waals surface area contributed by atoms with E-state index in [9.17, 15) is 0 Å². The van der Waals surface area contributed by atoms with Crippen molar-refractivity contribution in [2.24, 2.45) is 5.41 Å². The first kappa shape index (κ1) is 9.84.